The van der Waals surface area contributed by atoms with Crippen LogP contribution in [0.1, 0.15) is 59.3 Å². The molecule has 8 atom stereocenters. The summed E-state index contributed by atoms with van der Waals surface area (Å²) in [6.45, 7) is 11.7. The van der Waals surface area contributed by atoms with Crippen LogP contribution in [0.3, 0.4) is 0 Å². The van der Waals surface area contributed by atoms with E-state index < -0.39 is 5.79 Å². The highest BCUT2D eigenvalue weighted by Crippen LogP contribution is 2.73. The number of aliphatic hydroxyl groups excluding tert-OH is 1. The van der Waals surface area contributed by atoms with Crippen LogP contribution in [0.25, 0.3) is 0 Å². The van der Waals surface area contributed by atoms with E-state index in [4.69, 9.17) is 19.5 Å². The smallest absolute Gasteiger partial charge is 0.164 e. The summed E-state index contributed by atoms with van der Waals surface area (Å²) in [5, 5.41) is 19.5. The molecular formula is C24H35NO4. The number of hydrogen-bond donors (Lipinski definition) is 1. The maximum absolute atomic E-state index is 10.4. The number of rotatable bonds is 4. The lowest BCUT2D eigenvalue weighted by molar-refractivity contribution is -0.405. The molecule has 0 aromatic heterocycles. The van der Waals surface area contributed by atoms with Crippen LogP contribution in [0, 0.1) is 45.8 Å². The summed E-state index contributed by atoms with van der Waals surface area (Å²) < 4.78 is 19.2. The minimum Gasteiger partial charge on any atom is -0.396 e. The van der Waals surface area contributed by atoms with Crippen LogP contribution in [-0.2, 0) is 14.2 Å². The van der Waals surface area contributed by atoms with Gasteiger partial charge in [0, 0.05) is 17.9 Å². The number of aliphatic hydroxyl groups is 1. The summed E-state index contributed by atoms with van der Waals surface area (Å²) in [4.78, 5) is 0. The number of hydrogen-bond acceptors (Lipinski definition) is 5. The van der Waals surface area contributed by atoms with Crippen molar-refractivity contribution in [3.8, 4) is 6.07 Å². The van der Waals surface area contributed by atoms with Crippen molar-refractivity contribution >= 4 is 0 Å². The van der Waals surface area contributed by atoms with E-state index in [1.165, 1.54) is 5.57 Å². The van der Waals surface area contributed by atoms with Gasteiger partial charge < -0.3 is 19.3 Å². The van der Waals surface area contributed by atoms with Crippen LogP contribution in [0.2, 0.25) is 0 Å². The van der Waals surface area contributed by atoms with Gasteiger partial charge in [0.1, 0.15) is 6.61 Å². The topological polar surface area (TPSA) is 71.7 Å². The van der Waals surface area contributed by atoms with E-state index in [1.807, 2.05) is 13.8 Å². The molecule has 6 fully saturated rings. The summed E-state index contributed by atoms with van der Waals surface area (Å²) in [6, 6.07) is 2.15. The van der Waals surface area contributed by atoms with E-state index in [1.54, 1.807) is 0 Å². The molecule has 0 radical (unpaired) electrons. The quantitative estimate of drug-likeness (QED) is 0.573. The van der Waals surface area contributed by atoms with Gasteiger partial charge in [-0.05, 0) is 74.7 Å². The molecule has 6 rings (SSSR count). The monoisotopic (exact) mass is 401 g/mol. The van der Waals surface area contributed by atoms with Crippen molar-refractivity contribution < 1.29 is 19.3 Å². The zero-order valence-electron chi connectivity index (χ0n) is 18.1. The van der Waals surface area contributed by atoms with Gasteiger partial charge in [0.25, 0.3) is 0 Å². The van der Waals surface area contributed by atoms with Crippen molar-refractivity contribution in [1.29, 1.82) is 5.26 Å². The van der Waals surface area contributed by atoms with Gasteiger partial charge in [-0.3, -0.25) is 0 Å². The van der Waals surface area contributed by atoms with Crippen LogP contribution in [0.15, 0.2) is 12.2 Å². The van der Waals surface area contributed by atoms with Crippen molar-refractivity contribution in [2.75, 3.05) is 19.8 Å². The van der Waals surface area contributed by atoms with Gasteiger partial charge in [-0.25, -0.2) is 0 Å². The summed E-state index contributed by atoms with van der Waals surface area (Å²) in [5.41, 5.74) is 0.858. The van der Waals surface area contributed by atoms with Crippen molar-refractivity contribution in [1.82, 2.24) is 0 Å². The number of ether oxygens (including phenoxy) is 3. The fraction of sp³-hybridized carbons (Fsp3) is 0.875. The Labute approximate surface area is 174 Å². The highest BCUT2D eigenvalue weighted by Gasteiger charge is 2.74. The predicted molar refractivity (Wildman–Crippen MR) is 108 cm³/mol. The number of nitrogens with zero attached hydrogens (tertiary/aromatic N) is 1. The molecule has 1 spiro atoms. The summed E-state index contributed by atoms with van der Waals surface area (Å²) >= 11 is 0. The van der Waals surface area contributed by atoms with Crippen LogP contribution >= 0.6 is 0 Å². The van der Waals surface area contributed by atoms with Crippen LogP contribution < -0.4 is 0 Å². The first kappa shape index (κ1) is 20.0. The second kappa shape index (κ2) is 6.29. The highest BCUT2D eigenvalue weighted by molar-refractivity contribution is 5.37. The fourth-order valence-electron chi connectivity index (χ4n) is 8.43. The SMILES string of the molecule is C=C1C2CC3C4[C@@H](CC5C(C)(CO)CCCC35COCC#N)OC(C)(C)O[C@]14C2. The van der Waals surface area contributed by atoms with Gasteiger partial charge in [0.2, 0.25) is 0 Å². The Balaban J connectivity index is 1.60. The van der Waals surface area contributed by atoms with Crippen molar-refractivity contribution in [2.45, 2.75) is 76.8 Å². The largest absolute Gasteiger partial charge is 0.396 e. The van der Waals surface area contributed by atoms with Gasteiger partial charge in [-0.1, -0.05) is 19.9 Å². The van der Waals surface area contributed by atoms with Crippen molar-refractivity contribution in [3.05, 3.63) is 12.2 Å². The Kier molecular flexibility index (Phi) is 4.34. The summed E-state index contributed by atoms with van der Waals surface area (Å²) in [6.07, 6.45) is 6.48. The average molecular weight is 402 g/mol. The Hall–Kier alpha value is -0.930. The first-order chi connectivity index (χ1) is 13.7. The summed E-state index contributed by atoms with van der Waals surface area (Å²) in [5.74, 6) is 0.959. The molecule has 0 aromatic rings. The lowest BCUT2D eigenvalue weighted by Gasteiger charge is -2.74. The minimum absolute atomic E-state index is 0.0213. The second-order valence-corrected chi connectivity index (χ2v) is 11.2. The molecule has 5 nitrogen and oxygen atoms in total. The molecule has 29 heavy (non-hydrogen) atoms. The van der Waals surface area contributed by atoms with Crippen LogP contribution in [0.5, 0.6) is 0 Å². The normalized spacial score (nSPS) is 52.0. The van der Waals surface area contributed by atoms with Gasteiger partial charge in [-0.2, -0.15) is 5.26 Å². The first-order valence-corrected chi connectivity index (χ1v) is 11.3. The van der Waals surface area contributed by atoms with Gasteiger partial charge in [0.05, 0.1) is 24.4 Å². The lowest BCUT2D eigenvalue weighted by atomic mass is 9.36. The predicted octanol–water partition coefficient (Wildman–Crippen LogP) is 3.82. The molecule has 1 N–H and O–H groups in total. The van der Waals surface area contributed by atoms with Gasteiger partial charge in [-0.15, -0.1) is 0 Å². The van der Waals surface area contributed by atoms with E-state index in [9.17, 15) is 5.11 Å². The molecule has 1 aliphatic heterocycles. The lowest BCUT2D eigenvalue weighted by Crippen LogP contribution is -2.76. The molecule has 0 amide bonds. The molecule has 6 aliphatic rings. The fourth-order valence-corrected chi connectivity index (χ4v) is 8.43. The van der Waals surface area contributed by atoms with Crippen LogP contribution in [-0.4, -0.2) is 42.4 Å². The molecule has 5 heteroatoms. The molecule has 0 aromatic carbocycles. The van der Waals surface area contributed by atoms with E-state index in [-0.39, 0.29) is 35.7 Å². The highest BCUT2D eigenvalue weighted by atomic mass is 16.7. The molecule has 5 saturated carbocycles. The molecule has 6 unspecified atom stereocenters. The standard InChI is InChI=1S/C24H35NO4/c1-15-16-10-17-20-18(28-21(2,3)29-24(15,20)12-16)11-19-22(4,13-26)6-5-7-23(17,19)14-27-9-8-25/h16-20,26H,1,5-7,9-14H2,2-4H3/t16?,17?,18-,19?,20?,22?,23?,24-/m1/s1. The summed E-state index contributed by atoms with van der Waals surface area (Å²) in [7, 11) is 0. The number of nitriles is 1. The van der Waals surface area contributed by atoms with Gasteiger partial charge >= 0.3 is 0 Å². The van der Waals surface area contributed by atoms with Gasteiger partial charge in [0.15, 0.2) is 5.79 Å². The van der Waals surface area contributed by atoms with Crippen LogP contribution in [0.4, 0.5) is 0 Å². The average Bonchev–Trinajstić information content (AvgIpc) is 2.68. The number of fused-ring (bicyclic) bond motifs is 1. The Bertz CT molecular complexity index is 758. The second-order valence-electron chi connectivity index (χ2n) is 11.2. The third-order valence-corrected chi connectivity index (χ3v) is 9.39. The van der Waals surface area contributed by atoms with E-state index in [0.717, 1.165) is 38.5 Å². The zero-order valence-corrected chi connectivity index (χ0v) is 18.1. The van der Waals surface area contributed by atoms with Crippen molar-refractivity contribution in [3.63, 3.8) is 0 Å². The molecule has 160 valence electrons. The molecule has 1 saturated heterocycles. The molecule has 2 bridgehead atoms. The molecule has 5 aliphatic carbocycles. The maximum Gasteiger partial charge on any atom is 0.164 e. The minimum atomic E-state index is -0.613. The molecule has 1 heterocycles. The van der Waals surface area contributed by atoms with E-state index in [0.29, 0.717) is 30.3 Å². The Morgan fingerprint density at radius 2 is 2.07 bits per heavy atom. The van der Waals surface area contributed by atoms with E-state index >= 15 is 0 Å². The third kappa shape index (κ3) is 2.53. The van der Waals surface area contributed by atoms with E-state index in [2.05, 4.69) is 19.6 Å². The van der Waals surface area contributed by atoms with Crippen molar-refractivity contribution in [2.24, 2.45) is 34.5 Å². The maximum atomic E-state index is 10.4. The first-order valence-electron chi connectivity index (χ1n) is 11.3. The third-order valence-electron chi connectivity index (χ3n) is 9.39. The Morgan fingerprint density at radius 3 is 2.76 bits per heavy atom. The Morgan fingerprint density at radius 1 is 1.28 bits per heavy atom. The zero-order chi connectivity index (χ0) is 20.7. The molecular weight excluding hydrogens is 366 g/mol.